The lowest BCUT2D eigenvalue weighted by molar-refractivity contribution is -0.133. The quantitative estimate of drug-likeness (QED) is 0.0661. The number of amides is 4. The maximum Gasteiger partial charge on any atom is 0.283 e. The van der Waals surface area contributed by atoms with Gasteiger partial charge in [-0.1, -0.05) is 18.2 Å². The number of hydrogen-bond acceptors (Lipinski definition) is 11. The van der Waals surface area contributed by atoms with Gasteiger partial charge in [0.2, 0.25) is 5.91 Å². The van der Waals surface area contributed by atoms with E-state index in [1.54, 1.807) is 0 Å². The fourth-order valence-electron chi connectivity index (χ4n) is 4.62. The van der Waals surface area contributed by atoms with E-state index in [2.05, 4.69) is 16.0 Å². The van der Waals surface area contributed by atoms with Crippen molar-refractivity contribution in [2.24, 2.45) is 5.73 Å². The Hall–Kier alpha value is -5.62. The van der Waals surface area contributed by atoms with Crippen LogP contribution in [0.15, 0.2) is 69.0 Å². The molecule has 3 heterocycles. The Morgan fingerprint density at radius 3 is 1.47 bits per heavy atom. The number of carbonyl (C=O) groups excluding carboxylic acids is 4. The first-order chi connectivity index (χ1) is 23.0. The van der Waals surface area contributed by atoms with Crippen LogP contribution in [0.2, 0.25) is 0 Å². The average molecular weight is 707 g/mol. The third-order valence-corrected chi connectivity index (χ3v) is 7.13. The van der Waals surface area contributed by atoms with Gasteiger partial charge in [-0.2, -0.15) is 0 Å². The highest BCUT2D eigenvalue weighted by Crippen LogP contribution is 2.09. The number of nitrogens with zero attached hydrogens (tertiary/aromatic N) is 4. The van der Waals surface area contributed by atoms with Crippen molar-refractivity contribution in [3.63, 3.8) is 0 Å². The molecular weight excluding hydrogens is 668 g/mol. The highest BCUT2D eigenvalue weighted by atomic mass is 35.5. The van der Waals surface area contributed by atoms with Crippen molar-refractivity contribution in [2.75, 3.05) is 32.7 Å². The lowest BCUT2D eigenvalue weighted by atomic mass is 10.1. The predicted octanol–water partition coefficient (Wildman–Crippen LogP) is -0.998. The van der Waals surface area contributed by atoms with Crippen molar-refractivity contribution in [3.05, 3.63) is 103 Å². The largest absolute Gasteiger partial charge is 0.425 e. The lowest BCUT2D eigenvalue weighted by Crippen LogP contribution is -2.50. The first kappa shape index (κ1) is 39.6. The van der Waals surface area contributed by atoms with Crippen LogP contribution in [0, 0.1) is 0 Å². The number of rotatable bonds is 17. The van der Waals surface area contributed by atoms with E-state index in [0.717, 1.165) is 18.2 Å². The van der Waals surface area contributed by atoms with Gasteiger partial charge < -0.3 is 42.2 Å². The Morgan fingerprint density at radius 2 is 1.06 bits per heavy atom. The molecule has 0 radical (unpaired) electrons. The van der Waals surface area contributed by atoms with Crippen molar-refractivity contribution in [2.45, 2.75) is 38.1 Å². The molecule has 0 saturated heterocycles. The van der Waals surface area contributed by atoms with Crippen molar-refractivity contribution in [1.82, 2.24) is 35.0 Å². The zero-order valence-electron chi connectivity index (χ0n) is 26.3. The molecule has 0 saturated carbocycles. The Morgan fingerprint density at radius 1 is 0.653 bits per heavy atom. The monoisotopic (exact) mass is 706 g/mol. The van der Waals surface area contributed by atoms with Gasteiger partial charge in [0.1, 0.15) is 23.1 Å². The molecule has 4 amide bonds. The molecule has 0 aliphatic carbocycles. The van der Waals surface area contributed by atoms with Gasteiger partial charge in [0.15, 0.2) is 0 Å². The smallest absolute Gasteiger partial charge is 0.283 e. The fourth-order valence-corrected chi connectivity index (χ4v) is 4.62. The molecule has 0 fully saturated rings. The van der Waals surface area contributed by atoms with Crippen LogP contribution >= 0.6 is 12.4 Å². The third kappa shape index (κ3) is 11.0. The molecule has 0 bridgehead atoms. The van der Waals surface area contributed by atoms with Crippen molar-refractivity contribution in [3.8, 4) is 0 Å². The van der Waals surface area contributed by atoms with Crippen LogP contribution < -0.4 is 38.4 Å². The number of nitrogens with one attached hydrogen (secondary N) is 3. The summed E-state index contributed by atoms with van der Waals surface area (Å²) in [6, 6.07) is 9.70. The van der Waals surface area contributed by atoms with E-state index in [4.69, 9.17) is 5.73 Å². The minimum absolute atomic E-state index is 0. The summed E-state index contributed by atoms with van der Waals surface area (Å²) in [5, 5.41) is 37.4. The highest BCUT2D eigenvalue weighted by molar-refractivity contribution is 5.96. The van der Waals surface area contributed by atoms with Gasteiger partial charge in [-0.15, -0.1) is 26.6 Å². The number of halogens is 1. The molecule has 18 nitrogen and oxygen atoms in total. The summed E-state index contributed by atoms with van der Waals surface area (Å²) >= 11 is 0. The van der Waals surface area contributed by atoms with Crippen LogP contribution in [0.5, 0.6) is 0 Å². The van der Waals surface area contributed by atoms with Crippen LogP contribution in [0.25, 0.3) is 0 Å². The molecule has 0 spiro atoms. The first-order valence-electron chi connectivity index (χ1n) is 15.1. The highest BCUT2D eigenvalue weighted by Gasteiger charge is 2.27. The number of hydrogen-bond donors (Lipinski definition) is 7. The van der Waals surface area contributed by atoms with Crippen molar-refractivity contribution in [1.29, 1.82) is 0 Å². The molecule has 1 atom stereocenters. The Balaban J connectivity index is 0.00000833. The lowest BCUT2D eigenvalue weighted by Gasteiger charge is -2.28. The number of nitrogens with two attached hydrogens (primary N) is 1. The molecule has 3 rings (SSSR count). The molecule has 3 aromatic heterocycles. The third-order valence-electron chi connectivity index (χ3n) is 7.13. The molecule has 49 heavy (non-hydrogen) atoms. The Kier molecular flexibility index (Phi) is 15.5. The van der Waals surface area contributed by atoms with Crippen LogP contribution in [0.3, 0.4) is 0 Å². The maximum absolute atomic E-state index is 13.9. The molecule has 1 unspecified atom stereocenters. The van der Waals surface area contributed by atoms with E-state index >= 15 is 0 Å². The van der Waals surface area contributed by atoms with Crippen molar-refractivity contribution >= 4 is 36.0 Å². The van der Waals surface area contributed by atoms with Gasteiger partial charge in [0.25, 0.3) is 34.4 Å². The van der Waals surface area contributed by atoms with Gasteiger partial charge >= 0.3 is 0 Å². The second kappa shape index (κ2) is 19.3. The molecule has 8 N–H and O–H groups in total. The average Bonchev–Trinajstić information content (AvgIpc) is 3.06. The van der Waals surface area contributed by atoms with Crippen molar-refractivity contribution < 1.29 is 34.8 Å². The molecule has 0 aliphatic rings. The molecular formula is C30H39ClN8O10. The van der Waals surface area contributed by atoms with E-state index in [1.165, 1.54) is 41.3 Å². The number of aromatic nitrogens is 3. The van der Waals surface area contributed by atoms with Crippen LogP contribution in [-0.4, -0.2) is 97.1 Å². The number of pyridine rings is 3. The summed E-state index contributed by atoms with van der Waals surface area (Å²) in [6.07, 6.45) is 1.56. The summed E-state index contributed by atoms with van der Waals surface area (Å²) in [4.78, 5) is 88.4. The maximum atomic E-state index is 13.9. The second-order valence-corrected chi connectivity index (χ2v) is 10.5. The Bertz CT molecular complexity index is 1710. The zero-order valence-corrected chi connectivity index (χ0v) is 27.1. The van der Waals surface area contributed by atoms with Crippen LogP contribution in [0.1, 0.15) is 63.6 Å². The molecule has 266 valence electrons. The number of carbonyl (C=O) groups is 4. The SMILES string of the molecule is Cl.NCCCCC(NC(=O)c1cccc(=O)n1O)C(=O)N(CCCNC(=O)c1cccc(=O)n1O)CCCNC(=O)c1cccc(=O)n1O. The summed E-state index contributed by atoms with van der Waals surface area (Å²) in [5.41, 5.74) is 2.22. The summed E-state index contributed by atoms with van der Waals surface area (Å²) in [5.74, 6) is -2.87. The standard InChI is InChI=1S/C30H38N8O10.ClH/c31-15-2-1-8-20(34-29(44)23-11-5-14-26(41)38(23)48)30(45)35(18-6-16-32-27(42)21-9-3-12-24(39)36(21)46)19-7-17-33-28(43)22-10-4-13-25(40)37(22)47;/h3-5,9-14,20,46-48H,1-2,6-8,15-19,31H2,(H,32,42)(H,33,43)(H,34,44);1H. The van der Waals surface area contributed by atoms with E-state index in [0.29, 0.717) is 19.4 Å². The topological polar surface area (TPSA) is 260 Å². The summed E-state index contributed by atoms with van der Waals surface area (Å²) in [6.45, 7) is 0.494. The first-order valence-corrected chi connectivity index (χ1v) is 15.1. The Labute approximate surface area is 285 Å². The summed E-state index contributed by atoms with van der Waals surface area (Å²) < 4.78 is 0.577. The zero-order chi connectivity index (χ0) is 35.2. The minimum atomic E-state index is -1.11. The van der Waals surface area contributed by atoms with E-state index in [-0.39, 0.29) is 89.1 Å². The molecule has 3 aromatic rings. The molecule has 0 aliphatic heterocycles. The van der Waals surface area contributed by atoms with Gasteiger partial charge in [-0.05, 0) is 56.8 Å². The van der Waals surface area contributed by atoms with Gasteiger partial charge in [-0.3, -0.25) is 33.6 Å². The van der Waals surface area contributed by atoms with E-state index in [1.807, 2.05) is 0 Å². The van der Waals surface area contributed by atoms with Gasteiger partial charge in [0, 0.05) is 44.4 Å². The van der Waals surface area contributed by atoms with Crippen LogP contribution in [0.4, 0.5) is 0 Å². The second-order valence-electron chi connectivity index (χ2n) is 10.5. The predicted molar refractivity (Wildman–Crippen MR) is 176 cm³/mol. The fraction of sp³-hybridized carbons (Fsp3) is 0.367. The molecule has 0 aromatic carbocycles. The van der Waals surface area contributed by atoms with E-state index in [9.17, 15) is 49.2 Å². The number of unbranched alkanes of at least 4 members (excludes halogenated alkanes) is 1. The van der Waals surface area contributed by atoms with Crippen LogP contribution in [-0.2, 0) is 4.79 Å². The van der Waals surface area contributed by atoms with E-state index < -0.39 is 46.3 Å². The summed E-state index contributed by atoms with van der Waals surface area (Å²) in [7, 11) is 0. The molecule has 19 heteroatoms. The normalized spacial score (nSPS) is 11.1. The van der Waals surface area contributed by atoms with Gasteiger partial charge in [-0.25, -0.2) is 0 Å². The van der Waals surface area contributed by atoms with Gasteiger partial charge in [0.05, 0.1) is 0 Å². The minimum Gasteiger partial charge on any atom is -0.425 e.